The largest absolute Gasteiger partial charge is 0.468 e. The number of esters is 1. The van der Waals surface area contributed by atoms with E-state index in [1.54, 1.807) is 34.6 Å². The van der Waals surface area contributed by atoms with Crippen molar-refractivity contribution in [2.75, 3.05) is 13.7 Å². The van der Waals surface area contributed by atoms with Gasteiger partial charge in [0, 0.05) is 0 Å². The quantitative estimate of drug-likeness (QED) is 0.738. The SMILES string of the molecule is COC(=O)C(c1ccc(F)cc1)C(C)(C)NC(=O)CNC(=O)OC(C)(C)C. The van der Waals surface area contributed by atoms with Crippen LogP contribution in [-0.2, 0) is 19.1 Å². The van der Waals surface area contributed by atoms with Crippen molar-refractivity contribution in [1.29, 1.82) is 0 Å². The first kappa shape index (κ1) is 22.4. The zero-order valence-electron chi connectivity index (χ0n) is 16.5. The molecule has 1 atom stereocenters. The van der Waals surface area contributed by atoms with Crippen LogP contribution in [0.15, 0.2) is 24.3 Å². The van der Waals surface area contributed by atoms with Crippen LogP contribution >= 0.6 is 0 Å². The van der Waals surface area contributed by atoms with Crippen LogP contribution in [0.25, 0.3) is 0 Å². The van der Waals surface area contributed by atoms with Crippen molar-refractivity contribution in [1.82, 2.24) is 10.6 Å². The number of amides is 2. The van der Waals surface area contributed by atoms with E-state index in [4.69, 9.17) is 9.47 Å². The van der Waals surface area contributed by atoms with Crippen LogP contribution in [0.3, 0.4) is 0 Å². The second-order valence-corrected chi connectivity index (χ2v) is 7.63. The molecule has 0 aromatic heterocycles. The first-order valence-corrected chi connectivity index (χ1v) is 8.47. The van der Waals surface area contributed by atoms with Gasteiger partial charge in [0.2, 0.25) is 5.91 Å². The average Bonchev–Trinajstić information content (AvgIpc) is 2.52. The number of hydrogen-bond donors (Lipinski definition) is 2. The number of rotatable bonds is 6. The highest BCUT2D eigenvalue weighted by Crippen LogP contribution is 2.29. The smallest absolute Gasteiger partial charge is 0.408 e. The van der Waals surface area contributed by atoms with Crippen LogP contribution < -0.4 is 10.6 Å². The lowest BCUT2D eigenvalue weighted by Gasteiger charge is -2.33. The molecule has 0 bridgehead atoms. The Bertz CT molecular complexity index is 680. The predicted octanol–water partition coefficient (Wildman–Crippen LogP) is 2.50. The number of ether oxygens (including phenoxy) is 2. The van der Waals surface area contributed by atoms with Crippen molar-refractivity contribution in [3.63, 3.8) is 0 Å². The van der Waals surface area contributed by atoms with Crippen LogP contribution in [0.2, 0.25) is 0 Å². The minimum absolute atomic E-state index is 0.324. The fourth-order valence-electron chi connectivity index (χ4n) is 2.56. The standard InChI is InChI=1S/C19H27FN2O5/c1-18(2,3)27-17(25)21-11-14(23)22-19(4,5)15(16(24)26-6)12-7-9-13(20)10-8-12/h7-10,15H,11H2,1-6H3,(H,21,25)(H,22,23). The summed E-state index contributed by atoms with van der Waals surface area (Å²) in [4.78, 5) is 36.2. The molecule has 27 heavy (non-hydrogen) atoms. The van der Waals surface area contributed by atoms with Crippen LogP contribution in [0.4, 0.5) is 9.18 Å². The molecule has 2 amide bonds. The summed E-state index contributed by atoms with van der Waals surface area (Å²) in [6.45, 7) is 8.08. The monoisotopic (exact) mass is 382 g/mol. The first-order chi connectivity index (χ1) is 12.4. The summed E-state index contributed by atoms with van der Waals surface area (Å²) in [5.74, 6) is -2.40. The van der Waals surface area contributed by atoms with Gasteiger partial charge in [0.25, 0.3) is 0 Å². The third-order valence-corrected chi connectivity index (χ3v) is 3.62. The summed E-state index contributed by atoms with van der Waals surface area (Å²) in [7, 11) is 1.24. The van der Waals surface area contributed by atoms with Gasteiger partial charge in [-0.25, -0.2) is 9.18 Å². The summed E-state index contributed by atoms with van der Waals surface area (Å²) in [6, 6.07) is 5.38. The van der Waals surface area contributed by atoms with Crippen molar-refractivity contribution in [2.24, 2.45) is 0 Å². The van der Waals surface area contributed by atoms with E-state index in [1.165, 1.54) is 31.4 Å². The fraction of sp³-hybridized carbons (Fsp3) is 0.526. The van der Waals surface area contributed by atoms with Gasteiger partial charge in [-0.15, -0.1) is 0 Å². The number of benzene rings is 1. The van der Waals surface area contributed by atoms with Crippen LogP contribution in [0, 0.1) is 5.82 Å². The molecule has 0 aliphatic carbocycles. The van der Waals surface area contributed by atoms with Crippen molar-refractivity contribution >= 4 is 18.0 Å². The highest BCUT2D eigenvalue weighted by Gasteiger charge is 2.38. The molecular formula is C19H27FN2O5. The predicted molar refractivity (Wildman–Crippen MR) is 97.6 cm³/mol. The zero-order chi connectivity index (χ0) is 20.8. The van der Waals surface area contributed by atoms with E-state index < -0.39 is 40.8 Å². The Hall–Kier alpha value is -2.64. The molecule has 1 aromatic rings. The maximum atomic E-state index is 13.2. The molecule has 0 saturated heterocycles. The number of methoxy groups -OCH3 is 1. The molecule has 0 fully saturated rings. The van der Waals surface area contributed by atoms with Gasteiger partial charge in [-0.1, -0.05) is 12.1 Å². The topological polar surface area (TPSA) is 93.7 Å². The lowest BCUT2D eigenvalue weighted by molar-refractivity contribution is -0.144. The molecule has 0 spiro atoms. The minimum atomic E-state index is -1.06. The maximum Gasteiger partial charge on any atom is 0.408 e. The van der Waals surface area contributed by atoms with Crippen molar-refractivity contribution in [3.05, 3.63) is 35.6 Å². The normalized spacial score (nSPS) is 12.7. The molecule has 8 heteroatoms. The van der Waals surface area contributed by atoms with Gasteiger partial charge >= 0.3 is 12.1 Å². The number of halogens is 1. The molecule has 0 radical (unpaired) electrons. The molecule has 2 N–H and O–H groups in total. The summed E-state index contributed by atoms with van der Waals surface area (Å²) in [5.41, 5.74) is -1.25. The van der Waals surface area contributed by atoms with E-state index in [9.17, 15) is 18.8 Å². The Morgan fingerprint density at radius 1 is 1.07 bits per heavy atom. The number of carbonyl (C=O) groups is 3. The molecule has 0 heterocycles. The molecule has 150 valence electrons. The van der Waals surface area contributed by atoms with Crippen molar-refractivity contribution < 1.29 is 28.2 Å². The third-order valence-electron chi connectivity index (χ3n) is 3.62. The van der Waals surface area contributed by atoms with E-state index in [0.29, 0.717) is 5.56 Å². The van der Waals surface area contributed by atoms with Gasteiger partial charge in [-0.2, -0.15) is 0 Å². The Balaban J connectivity index is 2.84. The highest BCUT2D eigenvalue weighted by atomic mass is 19.1. The summed E-state index contributed by atoms with van der Waals surface area (Å²) in [5, 5.41) is 5.05. The molecule has 1 rings (SSSR count). The van der Waals surface area contributed by atoms with Crippen molar-refractivity contribution in [3.8, 4) is 0 Å². The average molecular weight is 382 g/mol. The zero-order valence-corrected chi connectivity index (χ0v) is 16.5. The summed E-state index contributed by atoms with van der Waals surface area (Å²) < 4.78 is 23.1. The van der Waals surface area contributed by atoms with Crippen LogP contribution in [0.1, 0.15) is 46.1 Å². The van der Waals surface area contributed by atoms with E-state index in [-0.39, 0.29) is 6.54 Å². The second-order valence-electron chi connectivity index (χ2n) is 7.63. The number of carbonyl (C=O) groups excluding carboxylic acids is 3. The molecule has 1 aromatic carbocycles. The van der Waals surface area contributed by atoms with Crippen molar-refractivity contribution in [2.45, 2.75) is 51.7 Å². The van der Waals surface area contributed by atoms with Gasteiger partial charge in [0.05, 0.1) is 12.6 Å². The highest BCUT2D eigenvalue weighted by molar-refractivity contribution is 5.85. The Morgan fingerprint density at radius 3 is 2.11 bits per heavy atom. The maximum absolute atomic E-state index is 13.2. The Morgan fingerprint density at radius 2 is 1.63 bits per heavy atom. The number of nitrogens with one attached hydrogen (secondary N) is 2. The number of hydrogen-bond acceptors (Lipinski definition) is 5. The minimum Gasteiger partial charge on any atom is -0.468 e. The Labute approximate surface area is 158 Å². The second kappa shape index (κ2) is 8.83. The first-order valence-electron chi connectivity index (χ1n) is 8.47. The van der Waals surface area contributed by atoms with Gasteiger partial charge in [0.15, 0.2) is 0 Å². The molecular weight excluding hydrogens is 355 g/mol. The van der Waals surface area contributed by atoms with E-state index in [1.807, 2.05) is 0 Å². The van der Waals surface area contributed by atoms with Gasteiger partial charge in [-0.3, -0.25) is 9.59 Å². The fourth-order valence-corrected chi connectivity index (χ4v) is 2.56. The van der Waals surface area contributed by atoms with E-state index in [2.05, 4.69) is 10.6 Å². The van der Waals surface area contributed by atoms with E-state index >= 15 is 0 Å². The van der Waals surface area contributed by atoms with Crippen LogP contribution in [0.5, 0.6) is 0 Å². The lowest BCUT2D eigenvalue weighted by atomic mass is 9.81. The van der Waals surface area contributed by atoms with Gasteiger partial charge < -0.3 is 20.1 Å². The summed E-state index contributed by atoms with van der Waals surface area (Å²) >= 11 is 0. The lowest BCUT2D eigenvalue weighted by Crippen LogP contribution is -2.53. The molecule has 0 aliphatic rings. The van der Waals surface area contributed by atoms with Crippen LogP contribution in [-0.4, -0.2) is 42.8 Å². The third kappa shape index (κ3) is 7.24. The summed E-state index contributed by atoms with van der Waals surface area (Å²) in [6.07, 6.45) is -0.724. The molecule has 0 saturated carbocycles. The molecule has 0 aliphatic heterocycles. The number of alkyl carbamates (subject to hydrolysis) is 1. The van der Waals surface area contributed by atoms with E-state index in [0.717, 1.165) is 0 Å². The molecule has 1 unspecified atom stereocenters. The molecule has 7 nitrogen and oxygen atoms in total. The Kier molecular flexibility index (Phi) is 7.33. The van der Waals surface area contributed by atoms with Gasteiger partial charge in [0.1, 0.15) is 23.9 Å². The van der Waals surface area contributed by atoms with Gasteiger partial charge in [-0.05, 0) is 52.3 Å².